The summed E-state index contributed by atoms with van der Waals surface area (Å²) in [5.41, 5.74) is 0. The van der Waals surface area contributed by atoms with Crippen LogP contribution in [0.25, 0.3) is 0 Å². The third-order valence-corrected chi connectivity index (χ3v) is 3.82. The summed E-state index contributed by atoms with van der Waals surface area (Å²) in [4.78, 5) is 4.34. The molecule has 72 valence electrons. The van der Waals surface area contributed by atoms with Gasteiger partial charge in [-0.1, -0.05) is 11.8 Å². The Morgan fingerprint density at radius 3 is 3.23 bits per heavy atom. The van der Waals surface area contributed by atoms with Crippen molar-refractivity contribution in [3.8, 4) is 6.19 Å². The molecule has 0 aliphatic carbocycles. The first-order valence-electron chi connectivity index (χ1n) is 4.22. The van der Waals surface area contributed by atoms with Gasteiger partial charge in [-0.25, -0.2) is 0 Å². The van der Waals surface area contributed by atoms with E-state index in [1.54, 1.807) is 0 Å². The van der Waals surface area contributed by atoms with E-state index >= 15 is 0 Å². The van der Waals surface area contributed by atoms with Crippen molar-refractivity contribution >= 4 is 28.7 Å². The first kappa shape index (κ1) is 10.7. The lowest BCUT2D eigenvalue weighted by atomic mass is 10.2. The van der Waals surface area contributed by atoms with Gasteiger partial charge in [0.15, 0.2) is 11.4 Å². The topological polar surface area (TPSA) is 48.2 Å². The molecule has 13 heavy (non-hydrogen) atoms. The van der Waals surface area contributed by atoms with E-state index < -0.39 is 0 Å². The standard InChI is InChI=1S/C8H13N3S2/c1-12-8(11-6-9)10-5-7-3-2-4-13-7/h7H,2-5H2,1H3,(H,10,11). The van der Waals surface area contributed by atoms with Crippen LogP contribution < -0.4 is 5.32 Å². The number of hydrogen-bond donors (Lipinski definition) is 1. The third kappa shape index (κ3) is 3.92. The van der Waals surface area contributed by atoms with Gasteiger partial charge in [0, 0.05) is 5.25 Å². The van der Waals surface area contributed by atoms with E-state index in [2.05, 4.69) is 10.3 Å². The SMILES string of the molecule is CSC(=NCC1CCCS1)NC#N. The molecule has 1 atom stereocenters. The van der Waals surface area contributed by atoms with E-state index in [-0.39, 0.29) is 0 Å². The molecule has 3 nitrogen and oxygen atoms in total. The lowest BCUT2D eigenvalue weighted by molar-refractivity contribution is 0.787. The van der Waals surface area contributed by atoms with Crippen molar-refractivity contribution in [3.05, 3.63) is 0 Å². The van der Waals surface area contributed by atoms with E-state index in [9.17, 15) is 0 Å². The van der Waals surface area contributed by atoms with Crippen molar-refractivity contribution in [1.82, 2.24) is 5.32 Å². The number of aliphatic imine (C=N–C) groups is 1. The van der Waals surface area contributed by atoms with Crippen molar-refractivity contribution in [2.75, 3.05) is 18.6 Å². The molecular weight excluding hydrogens is 202 g/mol. The highest BCUT2D eigenvalue weighted by Crippen LogP contribution is 2.26. The summed E-state index contributed by atoms with van der Waals surface area (Å²) in [5, 5.41) is 12.4. The minimum absolute atomic E-state index is 0.669. The van der Waals surface area contributed by atoms with E-state index in [4.69, 9.17) is 5.26 Å². The van der Waals surface area contributed by atoms with Crippen molar-refractivity contribution in [2.24, 2.45) is 4.99 Å². The van der Waals surface area contributed by atoms with E-state index in [1.165, 1.54) is 30.4 Å². The van der Waals surface area contributed by atoms with Crippen LogP contribution in [-0.2, 0) is 0 Å². The second-order valence-electron chi connectivity index (χ2n) is 2.72. The molecule has 0 aromatic heterocycles. The highest BCUT2D eigenvalue weighted by Gasteiger charge is 2.14. The van der Waals surface area contributed by atoms with Crippen LogP contribution in [0, 0.1) is 11.5 Å². The van der Waals surface area contributed by atoms with Crippen molar-refractivity contribution in [2.45, 2.75) is 18.1 Å². The Bertz CT molecular complexity index is 216. The molecule has 1 unspecified atom stereocenters. The predicted octanol–water partition coefficient (Wildman–Crippen LogP) is 1.67. The molecular formula is C8H13N3S2. The molecule has 5 heteroatoms. The second-order valence-corrected chi connectivity index (χ2v) is 4.92. The summed E-state index contributed by atoms with van der Waals surface area (Å²) in [7, 11) is 0. The number of nitrogens with zero attached hydrogens (tertiary/aromatic N) is 2. The Morgan fingerprint density at radius 2 is 2.69 bits per heavy atom. The van der Waals surface area contributed by atoms with Gasteiger partial charge >= 0.3 is 0 Å². The molecule has 1 fully saturated rings. The first-order chi connectivity index (χ1) is 6.36. The molecule has 0 bridgehead atoms. The lowest BCUT2D eigenvalue weighted by Gasteiger charge is -2.04. The molecule has 0 saturated carbocycles. The molecule has 1 heterocycles. The van der Waals surface area contributed by atoms with Gasteiger partial charge in [0.25, 0.3) is 0 Å². The van der Waals surface area contributed by atoms with Crippen LogP contribution in [0.4, 0.5) is 0 Å². The molecule has 1 aliphatic heterocycles. The Labute approximate surface area is 87.4 Å². The average molecular weight is 215 g/mol. The lowest BCUT2D eigenvalue weighted by Crippen LogP contribution is -2.15. The third-order valence-electron chi connectivity index (χ3n) is 1.82. The summed E-state index contributed by atoms with van der Waals surface area (Å²) in [5.74, 6) is 1.26. The average Bonchev–Trinajstić information content (AvgIpc) is 2.64. The van der Waals surface area contributed by atoms with Crippen molar-refractivity contribution in [3.63, 3.8) is 0 Å². The maximum absolute atomic E-state index is 8.40. The van der Waals surface area contributed by atoms with Gasteiger partial charge in [-0.2, -0.15) is 17.0 Å². The Hall–Kier alpha value is -0.340. The minimum Gasteiger partial charge on any atom is -0.272 e. The van der Waals surface area contributed by atoms with E-state index in [1.807, 2.05) is 24.2 Å². The van der Waals surface area contributed by atoms with Gasteiger partial charge in [-0.15, -0.1) is 0 Å². The van der Waals surface area contributed by atoms with Crippen molar-refractivity contribution in [1.29, 1.82) is 5.26 Å². The molecule has 0 aromatic rings. The number of amidine groups is 1. The zero-order chi connectivity index (χ0) is 9.52. The van der Waals surface area contributed by atoms with Gasteiger partial charge in [-0.05, 0) is 24.9 Å². The largest absolute Gasteiger partial charge is 0.272 e. The van der Waals surface area contributed by atoms with Crippen LogP contribution in [-0.4, -0.2) is 29.0 Å². The zero-order valence-electron chi connectivity index (χ0n) is 7.62. The van der Waals surface area contributed by atoms with Gasteiger partial charge in [-0.3, -0.25) is 10.3 Å². The molecule has 1 rings (SSSR count). The van der Waals surface area contributed by atoms with Crippen LogP contribution in [0.15, 0.2) is 4.99 Å². The van der Waals surface area contributed by atoms with Gasteiger partial charge in [0.1, 0.15) is 0 Å². The van der Waals surface area contributed by atoms with Crippen LogP contribution in [0.3, 0.4) is 0 Å². The van der Waals surface area contributed by atoms with Crippen molar-refractivity contribution < 1.29 is 0 Å². The Kier molecular flexibility index (Phi) is 5.09. The van der Waals surface area contributed by atoms with Crippen LogP contribution >= 0.6 is 23.5 Å². The summed E-state index contributed by atoms with van der Waals surface area (Å²) < 4.78 is 0. The van der Waals surface area contributed by atoms with E-state index in [0.29, 0.717) is 5.25 Å². The number of nitriles is 1. The molecule has 0 amide bonds. The monoisotopic (exact) mass is 215 g/mol. The second kappa shape index (κ2) is 6.17. The maximum atomic E-state index is 8.40. The fraction of sp³-hybridized carbons (Fsp3) is 0.750. The molecule has 1 N–H and O–H groups in total. The highest BCUT2D eigenvalue weighted by atomic mass is 32.2. The minimum atomic E-state index is 0.669. The number of thioether (sulfide) groups is 2. The summed E-state index contributed by atoms with van der Waals surface area (Å²) >= 11 is 3.47. The highest BCUT2D eigenvalue weighted by molar-refractivity contribution is 8.13. The summed E-state index contributed by atoms with van der Waals surface area (Å²) in [6.07, 6.45) is 6.38. The number of hydrogen-bond acceptors (Lipinski definition) is 4. The fourth-order valence-corrected chi connectivity index (χ4v) is 2.71. The fourth-order valence-electron chi connectivity index (χ4n) is 1.18. The first-order valence-corrected chi connectivity index (χ1v) is 6.49. The van der Waals surface area contributed by atoms with Gasteiger partial charge in [0.05, 0.1) is 6.54 Å². The quantitative estimate of drug-likeness (QED) is 0.329. The number of rotatable bonds is 2. The number of nitrogens with one attached hydrogen (secondary N) is 1. The van der Waals surface area contributed by atoms with E-state index in [0.717, 1.165) is 11.7 Å². The molecule has 0 aromatic carbocycles. The zero-order valence-corrected chi connectivity index (χ0v) is 9.25. The summed E-state index contributed by atoms with van der Waals surface area (Å²) in [6, 6.07) is 0. The van der Waals surface area contributed by atoms with Gasteiger partial charge < -0.3 is 0 Å². The maximum Gasteiger partial charge on any atom is 0.183 e. The van der Waals surface area contributed by atoms with Gasteiger partial charge in [0.2, 0.25) is 0 Å². The van der Waals surface area contributed by atoms with Crippen LogP contribution in [0.2, 0.25) is 0 Å². The molecule has 1 aliphatic rings. The summed E-state index contributed by atoms with van der Waals surface area (Å²) in [6.45, 7) is 0.843. The molecule has 0 spiro atoms. The molecule has 1 saturated heterocycles. The smallest absolute Gasteiger partial charge is 0.183 e. The molecule has 0 radical (unpaired) electrons. The Balaban J connectivity index is 2.30. The normalized spacial score (nSPS) is 22.8. The Morgan fingerprint density at radius 1 is 1.85 bits per heavy atom. The van der Waals surface area contributed by atoms with Crippen LogP contribution in [0.1, 0.15) is 12.8 Å². The van der Waals surface area contributed by atoms with Crippen LogP contribution in [0.5, 0.6) is 0 Å². The predicted molar refractivity (Wildman–Crippen MR) is 60.0 cm³/mol.